The van der Waals surface area contributed by atoms with Gasteiger partial charge in [-0.25, -0.2) is 4.79 Å². The van der Waals surface area contributed by atoms with Crippen molar-refractivity contribution in [2.45, 2.75) is 20.3 Å². The highest BCUT2D eigenvalue weighted by Crippen LogP contribution is 2.20. The number of carbonyl (C=O) groups is 2. The molecule has 1 heterocycles. The Morgan fingerprint density at radius 2 is 2.29 bits per heavy atom. The van der Waals surface area contributed by atoms with E-state index in [-0.39, 0.29) is 5.78 Å². The molecule has 0 spiro atoms. The van der Waals surface area contributed by atoms with Crippen molar-refractivity contribution >= 4 is 11.9 Å². The van der Waals surface area contributed by atoms with E-state index < -0.39 is 12.0 Å². The summed E-state index contributed by atoms with van der Waals surface area (Å²) in [6.07, 6.45) is 4.49. The van der Waals surface area contributed by atoms with Crippen molar-refractivity contribution in [1.82, 2.24) is 4.90 Å². The van der Waals surface area contributed by atoms with Gasteiger partial charge in [-0.1, -0.05) is 6.92 Å². The molecule has 90 valence electrons. The van der Waals surface area contributed by atoms with Crippen molar-refractivity contribution in [3.63, 3.8) is 0 Å². The van der Waals surface area contributed by atoms with Crippen molar-refractivity contribution < 1.29 is 14.3 Å². The summed E-state index contributed by atoms with van der Waals surface area (Å²) in [5.74, 6) is -0.822. The topological polar surface area (TPSA) is 70.4 Å². The van der Waals surface area contributed by atoms with Crippen LogP contribution in [0, 0.1) is 17.2 Å². The maximum atomic E-state index is 11.5. The SMILES string of the molecule is CCCOC(=O)N1C=CC(C#N)C(C(C)=O)=C1. The van der Waals surface area contributed by atoms with Crippen LogP contribution in [0.2, 0.25) is 0 Å². The number of amides is 1. The molecule has 1 aliphatic rings. The fourth-order valence-electron chi connectivity index (χ4n) is 1.36. The van der Waals surface area contributed by atoms with Crippen LogP contribution < -0.4 is 0 Å². The zero-order chi connectivity index (χ0) is 12.8. The fourth-order valence-corrected chi connectivity index (χ4v) is 1.36. The second kappa shape index (κ2) is 5.85. The third-order valence-corrected chi connectivity index (χ3v) is 2.24. The Labute approximate surface area is 100.0 Å². The molecule has 0 N–H and O–H groups in total. The monoisotopic (exact) mass is 234 g/mol. The summed E-state index contributed by atoms with van der Waals surface area (Å²) >= 11 is 0. The number of hydrogen-bond acceptors (Lipinski definition) is 4. The first-order chi connectivity index (χ1) is 8.10. The van der Waals surface area contributed by atoms with Gasteiger partial charge in [0.1, 0.15) is 0 Å². The maximum Gasteiger partial charge on any atom is 0.417 e. The highest BCUT2D eigenvalue weighted by Gasteiger charge is 2.23. The number of ether oxygens (including phenoxy) is 1. The molecule has 17 heavy (non-hydrogen) atoms. The minimum Gasteiger partial charge on any atom is -0.449 e. The summed E-state index contributed by atoms with van der Waals surface area (Å²) in [5.41, 5.74) is 0.295. The minimum absolute atomic E-state index is 0.228. The van der Waals surface area contributed by atoms with Crippen LogP contribution >= 0.6 is 0 Å². The van der Waals surface area contributed by atoms with Gasteiger partial charge in [-0.3, -0.25) is 9.69 Å². The third-order valence-electron chi connectivity index (χ3n) is 2.24. The van der Waals surface area contributed by atoms with Crippen molar-refractivity contribution in [2.75, 3.05) is 6.61 Å². The second-order valence-electron chi connectivity index (χ2n) is 3.61. The minimum atomic E-state index is -0.595. The molecule has 0 aromatic heterocycles. The van der Waals surface area contributed by atoms with Crippen LogP contribution in [0.1, 0.15) is 20.3 Å². The third kappa shape index (κ3) is 3.18. The molecule has 1 amide bonds. The average Bonchev–Trinajstić information content (AvgIpc) is 2.34. The Morgan fingerprint density at radius 3 is 2.82 bits per heavy atom. The van der Waals surface area contributed by atoms with Crippen LogP contribution in [0.5, 0.6) is 0 Å². The second-order valence-corrected chi connectivity index (χ2v) is 3.61. The molecule has 1 aliphatic heterocycles. The number of carbonyl (C=O) groups excluding carboxylic acids is 2. The van der Waals surface area contributed by atoms with Crippen LogP contribution in [-0.4, -0.2) is 23.4 Å². The van der Waals surface area contributed by atoms with Gasteiger partial charge < -0.3 is 4.74 Å². The normalized spacial score (nSPS) is 18.3. The van der Waals surface area contributed by atoms with Crippen molar-refractivity contribution in [3.8, 4) is 6.07 Å². The zero-order valence-electron chi connectivity index (χ0n) is 9.84. The van der Waals surface area contributed by atoms with E-state index in [0.29, 0.717) is 12.2 Å². The highest BCUT2D eigenvalue weighted by molar-refractivity contribution is 5.95. The predicted molar refractivity (Wildman–Crippen MR) is 60.5 cm³/mol. The predicted octanol–water partition coefficient (Wildman–Crippen LogP) is 1.97. The maximum absolute atomic E-state index is 11.5. The first-order valence-electron chi connectivity index (χ1n) is 5.35. The van der Waals surface area contributed by atoms with Gasteiger partial charge in [0.2, 0.25) is 0 Å². The van der Waals surface area contributed by atoms with Gasteiger partial charge >= 0.3 is 6.09 Å². The summed E-state index contributed by atoms with van der Waals surface area (Å²) in [6.45, 7) is 3.58. The fraction of sp³-hybridized carbons (Fsp3) is 0.417. The average molecular weight is 234 g/mol. The van der Waals surface area contributed by atoms with Crippen LogP contribution in [0.15, 0.2) is 24.0 Å². The van der Waals surface area contributed by atoms with Crippen molar-refractivity contribution in [3.05, 3.63) is 24.0 Å². The Bertz CT molecular complexity index is 418. The van der Waals surface area contributed by atoms with Crippen LogP contribution in [0.4, 0.5) is 4.79 Å². The Kier molecular flexibility index (Phi) is 4.46. The molecule has 1 rings (SSSR count). The molecule has 0 aromatic rings. The number of allylic oxidation sites excluding steroid dienone is 2. The molecule has 0 aromatic carbocycles. The first kappa shape index (κ1) is 13.0. The van der Waals surface area contributed by atoms with Gasteiger partial charge in [0.15, 0.2) is 5.78 Å². The zero-order valence-corrected chi connectivity index (χ0v) is 9.84. The van der Waals surface area contributed by atoms with Gasteiger partial charge in [-0.15, -0.1) is 0 Å². The molecule has 1 unspecified atom stereocenters. The summed E-state index contributed by atoms with van der Waals surface area (Å²) in [4.78, 5) is 24.0. The lowest BCUT2D eigenvalue weighted by Crippen LogP contribution is -2.26. The van der Waals surface area contributed by atoms with Gasteiger partial charge in [-0.05, 0) is 19.4 Å². The Balaban J connectivity index is 2.81. The molecule has 0 saturated carbocycles. The standard InChI is InChI=1S/C12H14N2O3/c1-3-6-17-12(16)14-5-4-10(7-13)11(8-14)9(2)15/h4-5,8,10H,3,6H2,1-2H3. The molecule has 1 atom stereocenters. The number of hydrogen-bond donors (Lipinski definition) is 0. The largest absolute Gasteiger partial charge is 0.449 e. The summed E-state index contributed by atoms with van der Waals surface area (Å²) < 4.78 is 4.92. The van der Waals surface area contributed by atoms with Gasteiger partial charge in [0.05, 0.1) is 18.6 Å². The lowest BCUT2D eigenvalue weighted by Gasteiger charge is -2.20. The highest BCUT2D eigenvalue weighted by atomic mass is 16.6. The molecule has 0 radical (unpaired) electrons. The van der Waals surface area contributed by atoms with Gasteiger partial charge in [0.25, 0.3) is 0 Å². The van der Waals surface area contributed by atoms with Crippen LogP contribution in [0.25, 0.3) is 0 Å². The number of nitriles is 1. The molecule has 0 aliphatic carbocycles. The van der Waals surface area contributed by atoms with E-state index in [0.717, 1.165) is 6.42 Å². The molecule has 0 bridgehead atoms. The van der Waals surface area contributed by atoms with Gasteiger partial charge in [0, 0.05) is 18.0 Å². The molecule has 5 nitrogen and oxygen atoms in total. The van der Waals surface area contributed by atoms with E-state index in [1.54, 1.807) is 0 Å². The van der Waals surface area contributed by atoms with Crippen molar-refractivity contribution in [2.24, 2.45) is 5.92 Å². The molecular formula is C12H14N2O3. The van der Waals surface area contributed by atoms with E-state index >= 15 is 0 Å². The van der Waals surface area contributed by atoms with E-state index in [2.05, 4.69) is 0 Å². The Hall–Kier alpha value is -2.09. The number of nitrogens with zero attached hydrogens (tertiary/aromatic N) is 2. The summed E-state index contributed by atoms with van der Waals surface area (Å²) in [7, 11) is 0. The molecular weight excluding hydrogens is 220 g/mol. The smallest absolute Gasteiger partial charge is 0.417 e. The van der Waals surface area contributed by atoms with Gasteiger partial charge in [-0.2, -0.15) is 5.26 Å². The molecule has 5 heteroatoms. The lowest BCUT2D eigenvalue weighted by atomic mass is 9.96. The lowest BCUT2D eigenvalue weighted by molar-refractivity contribution is -0.113. The van der Waals surface area contributed by atoms with Crippen LogP contribution in [0.3, 0.4) is 0 Å². The summed E-state index contributed by atoms with van der Waals surface area (Å²) in [6, 6.07) is 1.98. The van der Waals surface area contributed by atoms with E-state index in [9.17, 15) is 9.59 Å². The Morgan fingerprint density at radius 1 is 1.59 bits per heavy atom. The van der Waals surface area contributed by atoms with E-state index in [1.165, 1.54) is 30.3 Å². The van der Waals surface area contributed by atoms with E-state index in [4.69, 9.17) is 10.00 Å². The first-order valence-corrected chi connectivity index (χ1v) is 5.35. The molecule has 0 saturated heterocycles. The number of ketones is 1. The number of rotatable bonds is 3. The summed E-state index contributed by atoms with van der Waals surface area (Å²) in [5, 5.41) is 8.85. The quantitative estimate of drug-likeness (QED) is 0.748. The van der Waals surface area contributed by atoms with E-state index in [1.807, 2.05) is 13.0 Å². The van der Waals surface area contributed by atoms with Crippen molar-refractivity contribution in [1.29, 1.82) is 5.26 Å². The van der Waals surface area contributed by atoms with Crippen LogP contribution in [-0.2, 0) is 9.53 Å². The number of Topliss-reactive ketones (excluding diaryl/α,β-unsaturated/α-hetero) is 1. The molecule has 0 fully saturated rings.